The number of ether oxygens (including phenoxy) is 3. The Bertz CT molecular complexity index is 940. The molecule has 1 heterocycles. The topological polar surface area (TPSA) is 85.4 Å². The minimum Gasteiger partial charge on any atom is -0.497 e. The van der Waals surface area contributed by atoms with Gasteiger partial charge < -0.3 is 19.1 Å². The smallest absolute Gasteiger partial charge is 0.264 e. The van der Waals surface area contributed by atoms with E-state index in [1.54, 1.807) is 41.3 Å². The highest BCUT2D eigenvalue weighted by Gasteiger charge is 2.31. The molecule has 0 spiro atoms. The monoisotopic (exact) mass is 420 g/mol. The number of nitrogens with zero attached hydrogens (tertiary/aromatic N) is 2. The number of methoxy groups -OCH3 is 2. The Kier molecular flexibility index (Phi) is 6.60. The summed E-state index contributed by atoms with van der Waals surface area (Å²) in [4.78, 5) is 14.5. The van der Waals surface area contributed by atoms with E-state index in [2.05, 4.69) is 0 Å². The first-order valence-electron chi connectivity index (χ1n) is 9.12. The highest BCUT2D eigenvalue weighted by molar-refractivity contribution is 7.92. The lowest BCUT2D eigenvalue weighted by Crippen LogP contribution is -2.47. The Morgan fingerprint density at radius 1 is 1.03 bits per heavy atom. The highest BCUT2D eigenvalue weighted by Crippen LogP contribution is 2.32. The molecule has 0 aromatic heterocycles. The fraction of sp³-hybridized carbons (Fsp3) is 0.350. The van der Waals surface area contributed by atoms with Crippen molar-refractivity contribution in [3.05, 3.63) is 48.5 Å². The second-order valence-corrected chi connectivity index (χ2v) is 8.21. The molecule has 1 saturated heterocycles. The molecule has 1 aliphatic heterocycles. The van der Waals surface area contributed by atoms with Crippen LogP contribution in [0.4, 0.5) is 5.69 Å². The Morgan fingerprint density at radius 3 is 2.31 bits per heavy atom. The van der Waals surface area contributed by atoms with Crippen molar-refractivity contribution in [2.75, 3.05) is 51.4 Å². The van der Waals surface area contributed by atoms with Crippen molar-refractivity contribution in [2.45, 2.75) is 4.90 Å². The highest BCUT2D eigenvalue weighted by atomic mass is 32.2. The Balaban J connectivity index is 2.00. The maximum Gasteiger partial charge on any atom is 0.264 e. The summed E-state index contributed by atoms with van der Waals surface area (Å²) < 4.78 is 43.7. The molecule has 2 aromatic rings. The minimum absolute atomic E-state index is 0.0546. The van der Waals surface area contributed by atoms with Crippen LogP contribution in [0.25, 0.3) is 0 Å². The summed E-state index contributed by atoms with van der Waals surface area (Å²) in [6.45, 7) is 1.40. The van der Waals surface area contributed by atoms with Crippen LogP contribution >= 0.6 is 0 Å². The molecule has 2 aromatic carbocycles. The van der Waals surface area contributed by atoms with Crippen LogP contribution in [0.15, 0.2) is 53.4 Å². The number of hydrogen-bond acceptors (Lipinski definition) is 6. The number of sulfonamides is 1. The number of morpholine rings is 1. The first-order chi connectivity index (χ1) is 14.0. The molecule has 8 nitrogen and oxygen atoms in total. The van der Waals surface area contributed by atoms with Crippen molar-refractivity contribution in [3.8, 4) is 11.5 Å². The van der Waals surface area contributed by atoms with Crippen LogP contribution < -0.4 is 13.8 Å². The molecular formula is C20H24N2O6S. The fourth-order valence-corrected chi connectivity index (χ4v) is 4.47. The molecule has 9 heteroatoms. The third kappa shape index (κ3) is 4.63. The van der Waals surface area contributed by atoms with Gasteiger partial charge in [-0.05, 0) is 36.4 Å². The Morgan fingerprint density at radius 2 is 1.69 bits per heavy atom. The number of rotatable bonds is 7. The molecule has 0 bridgehead atoms. The van der Waals surface area contributed by atoms with E-state index in [0.29, 0.717) is 43.5 Å². The third-order valence-corrected chi connectivity index (χ3v) is 6.42. The first-order valence-corrected chi connectivity index (χ1v) is 10.6. The van der Waals surface area contributed by atoms with E-state index in [-0.39, 0.29) is 17.3 Å². The largest absolute Gasteiger partial charge is 0.497 e. The molecule has 1 aliphatic rings. The molecule has 1 fully saturated rings. The van der Waals surface area contributed by atoms with Crippen LogP contribution in [0.2, 0.25) is 0 Å². The summed E-state index contributed by atoms with van der Waals surface area (Å²) in [6.07, 6.45) is 0. The second-order valence-electron chi connectivity index (χ2n) is 6.35. The number of hydrogen-bond donors (Lipinski definition) is 0. The van der Waals surface area contributed by atoms with E-state index in [1.807, 2.05) is 0 Å². The maximum atomic E-state index is 13.5. The van der Waals surface area contributed by atoms with Gasteiger partial charge in [0, 0.05) is 13.1 Å². The minimum atomic E-state index is -4.03. The van der Waals surface area contributed by atoms with Crippen LogP contribution in [0.3, 0.4) is 0 Å². The lowest BCUT2D eigenvalue weighted by molar-refractivity contribution is -0.133. The number of amides is 1. The van der Waals surface area contributed by atoms with Gasteiger partial charge in [-0.15, -0.1) is 0 Å². The van der Waals surface area contributed by atoms with Crippen molar-refractivity contribution < 1.29 is 27.4 Å². The molecule has 1 amide bonds. The summed E-state index contributed by atoms with van der Waals surface area (Å²) in [6, 6.07) is 12.8. The number of anilines is 1. The average molecular weight is 420 g/mol. The molecule has 3 rings (SSSR count). The van der Waals surface area contributed by atoms with Gasteiger partial charge >= 0.3 is 0 Å². The third-order valence-electron chi connectivity index (χ3n) is 4.64. The predicted octanol–water partition coefficient (Wildman–Crippen LogP) is 1.76. The van der Waals surface area contributed by atoms with Gasteiger partial charge in [-0.2, -0.15) is 0 Å². The standard InChI is InChI=1S/C20H24N2O6S/c1-26-16-7-9-17(10-8-16)29(24,25)22(18-5-3-4-6-19(18)27-2)15-20(23)21-11-13-28-14-12-21/h3-10H,11-15H2,1-2H3. The molecule has 0 radical (unpaired) electrons. The lowest BCUT2D eigenvalue weighted by atomic mass is 10.3. The zero-order valence-corrected chi connectivity index (χ0v) is 17.2. The maximum absolute atomic E-state index is 13.5. The normalized spacial score (nSPS) is 14.3. The first kappa shape index (κ1) is 20.9. The fourth-order valence-electron chi connectivity index (χ4n) is 3.05. The molecule has 29 heavy (non-hydrogen) atoms. The zero-order valence-electron chi connectivity index (χ0n) is 16.4. The van der Waals surface area contributed by atoms with E-state index >= 15 is 0 Å². The summed E-state index contributed by atoms with van der Waals surface area (Å²) >= 11 is 0. The molecule has 0 aliphatic carbocycles. The van der Waals surface area contributed by atoms with Gasteiger partial charge in [0.05, 0.1) is 38.0 Å². The molecule has 0 atom stereocenters. The lowest BCUT2D eigenvalue weighted by Gasteiger charge is -2.31. The van der Waals surface area contributed by atoms with Crippen molar-refractivity contribution in [2.24, 2.45) is 0 Å². The number of para-hydroxylation sites is 2. The zero-order chi connectivity index (χ0) is 20.9. The number of carbonyl (C=O) groups is 1. The molecule has 156 valence electrons. The van der Waals surface area contributed by atoms with E-state index in [4.69, 9.17) is 14.2 Å². The average Bonchev–Trinajstić information content (AvgIpc) is 2.77. The summed E-state index contributed by atoms with van der Waals surface area (Å²) in [5.74, 6) is 0.604. The van der Waals surface area contributed by atoms with Crippen LogP contribution in [-0.4, -0.2) is 66.3 Å². The second kappa shape index (κ2) is 9.15. The quantitative estimate of drug-likeness (QED) is 0.679. The van der Waals surface area contributed by atoms with Gasteiger partial charge in [-0.25, -0.2) is 8.42 Å². The van der Waals surface area contributed by atoms with E-state index in [0.717, 1.165) is 4.31 Å². The van der Waals surface area contributed by atoms with Crippen molar-refractivity contribution in [1.82, 2.24) is 4.90 Å². The van der Waals surface area contributed by atoms with Gasteiger partial charge in [-0.1, -0.05) is 12.1 Å². The van der Waals surface area contributed by atoms with Crippen LogP contribution in [0, 0.1) is 0 Å². The van der Waals surface area contributed by atoms with Gasteiger partial charge in [-0.3, -0.25) is 9.10 Å². The van der Waals surface area contributed by atoms with Crippen LogP contribution in [0.5, 0.6) is 11.5 Å². The number of benzene rings is 2. The SMILES string of the molecule is COc1ccc(S(=O)(=O)N(CC(=O)N2CCOCC2)c2ccccc2OC)cc1. The Labute approximate surface area is 170 Å². The summed E-state index contributed by atoms with van der Waals surface area (Å²) in [5.41, 5.74) is 0.299. The van der Waals surface area contributed by atoms with Crippen molar-refractivity contribution in [3.63, 3.8) is 0 Å². The molecule has 0 unspecified atom stereocenters. The van der Waals surface area contributed by atoms with E-state index in [1.165, 1.54) is 26.4 Å². The van der Waals surface area contributed by atoms with Crippen molar-refractivity contribution >= 4 is 21.6 Å². The van der Waals surface area contributed by atoms with E-state index < -0.39 is 10.0 Å². The predicted molar refractivity (Wildman–Crippen MR) is 108 cm³/mol. The Hall–Kier alpha value is -2.78. The molecular weight excluding hydrogens is 396 g/mol. The molecule has 0 saturated carbocycles. The van der Waals surface area contributed by atoms with Gasteiger partial charge in [0.25, 0.3) is 10.0 Å². The van der Waals surface area contributed by atoms with Crippen molar-refractivity contribution in [1.29, 1.82) is 0 Å². The molecule has 0 N–H and O–H groups in total. The van der Waals surface area contributed by atoms with Gasteiger partial charge in [0.15, 0.2) is 0 Å². The van der Waals surface area contributed by atoms with Crippen LogP contribution in [-0.2, 0) is 19.6 Å². The van der Waals surface area contributed by atoms with Gasteiger partial charge in [0.2, 0.25) is 5.91 Å². The number of carbonyl (C=O) groups excluding carboxylic acids is 1. The van der Waals surface area contributed by atoms with Crippen LogP contribution in [0.1, 0.15) is 0 Å². The summed E-state index contributed by atoms with van der Waals surface area (Å²) in [7, 11) is -1.06. The summed E-state index contributed by atoms with van der Waals surface area (Å²) in [5, 5.41) is 0. The van der Waals surface area contributed by atoms with Gasteiger partial charge in [0.1, 0.15) is 18.0 Å². The van der Waals surface area contributed by atoms with E-state index in [9.17, 15) is 13.2 Å².